The fourth-order valence-electron chi connectivity index (χ4n) is 7.14. The number of cyclic esters (lactones) is 1. The first-order chi connectivity index (χ1) is 38.0. The molecule has 1 fully saturated rings. The molecule has 0 radical (unpaired) electrons. The number of nitrogens with zero attached hydrogens (tertiary/aromatic N) is 3. The summed E-state index contributed by atoms with van der Waals surface area (Å²) in [5.74, 6) is 0.138. The van der Waals surface area contributed by atoms with Gasteiger partial charge in [-0.1, -0.05) is 12.1 Å². The average Bonchev–Trinajstić information content (AvgIpc) is 4.00. The molecule has 3 heterocycles. The molecule has 0 aliphatic carbocycles. The minimum Gasteiger partial charge on any atom is -1.00 e. The molecule has 438 valence electrons. The van der Waals surface area contributed by atoms with Gasteiger partial charge in [-0.3, -0.25) is 25.6 Å². The second kappa shape index (κ2) is 33.8. The van der Waals surface area contributed by atoms with Crippen molar-refractivity contribution in [3.05, 3.63) is 97.3 Å². The first-order valence-corrected chi connectivity index (χ1v) is 29.8. The van der Waals surface area contributed by atoms with E-state index in [1.165, 1.54) is 39.7 Å². The van der Waals surface area contributed by atoms with Crippen molar-refractivity contribution < 1.29 is 209 Å². The summed E-state index contributed by atoms with van der Waals surface area (Å²) >= 11 is 8.19. The van der Waals surface area contributed by atoms with Crippen molar-refractivity contribution in [2.45, 2.75) is 102 Å². The summed E-state index contributed by atoms with van der Waals surface area (Å²) in [4.78, 5) is 70.7. The monoisotopic (exact) mass is 1480 g/mol. The van der Waals surface area contributed by atoms with Crippen LogP contribution in [0.1, 0.15) is 70.7 Å². The van der Waals surface area contributed by atoms with Gasteiger partial charge in [0.25, 0.3) is 6.47 Å². The summed E-state index contributed by atoms with van der Waals surface area (Å²) in [6.07, 6.45) is 0.422. The molecule has 83 heavy (non-hydrogen) atoms. The molecule has 1 aliphatic heterocycles. The van der Waals surface area contributed by atoms with Crippen LogP contribution in [0.2, 0.25) is 0 Å². The van der Waals surface area contributed by atoms with E-state index in [4.69, 9.17) is 40.6 Å². The summed E-state index contributed by atoms with van der Waals surface area (Å²) in [6, 6.07) is 23.6. The zero-order valence-electron chi connectivity index (χ0n) is 48.8. The van der Waals surface area contributed by atoms with Gasteiger partial charge in [-0.05, 0) is 142 Å². The third kappa shape index (κ3) is 23.8. The molecule has 4 amide bonds. The third-order valence-corrected chi connectivity index (χ3v) is 16.0. The number of benzene rings is 4. The van der Waals surface area contributed by atoms with Crippen LogP contribution in [0.4, 0.5) is 41.9 Å². The normalized spacial score (nSPS) is 12.2. The first-order valence-electron chi connectivity index (χ1n) is 24.6. The number of anilines is 4. The van der Waals surface area contributed by atoms with Crippen molar-refractivity contribution in [1.29, 1.82) is 0 Å². The van der Waals surface area contributed by atoms with E-state index in [9.17, 15) is 36.0 Å². The van der Waals surface area contributed by atoms with Crippen molar-refractivity contribution in [2.24, 2.45) is 0 Å². The number of nitrogens with one attached hydrogen (secondary N) is 5. The van der Waals surface area contributed by atoms with Gasteiger partial charge in [-0.25, -0.2) is 55.4 Å². The Morgan fingerprint density at radius 3 is 1.49 bits per heavy atom. The summed E-state index contributed by atoms with van der Waals surface area (Å²) in [5, 5.41) is 17.6. The van der Waals surface area contributed by atoms with Gasteiger partial charge in [0.05, 0.1) is 44.2 Å². The van der Waals surface area contributed by atoms with Gasteiger partial charge in [-0.15, -0.1) is 34.3 Å². The molecular formula is C53H63ClCs2N8O15S4. The van der Waals surface area contributed by atoms with Crippen LogP contribution in [0.25, 0.3) is 42.0 Å². The zero-order chi connectivity index (χ0) is 59.9. The Hall–Kier alpha value is -3.14. The van der Waals surface area contributed by atoms with E-state index < -0.39 is 55.5 Å². The average molecular weight is 1480 g/mol. The van der Waals surface area contributed by atoms with Crippen LogP contribution in [-0.2, 0) is 48.7 Å². The van der Waals surface area contributed by atoms with Crippen LogP contribution < -0.4 is 173 Å². The molecule has 1 aliphatic rings. The van der Waals surface area contributed by atoms with E-state index in [0.717, 1.165) is 11.1 Å². The Labute approximate surface area is 614 Å². The molecule has 23 nitrogen and oxygen atoms in total. The molecule has 4 aromatic carbocycles. The predicted molar refractivity (Wildman–Crippen MR) is 309 cm³/mol. The number of thiazole rings is 2. The van der Waals surface area contributed by atoms with Gasteiger partial charge in [0.2, 0.25) is 20.0 Å². The maximum Gasteiger partial charge on any atom is 1.00 e. The van der Waals surface area contributed by atoms with Crippen molar-refractivity contribution in [1.82, 2.24) is 19.4 Å². The number of hydrogen-bond acceptors (Lipinski definition) is 19. The Bertz CT molecular complexity index is 3400. The Morgan fingerprint density at radius 2 is 1.11 bits per heavy atom. The molecule has 2 aromatic heterocycles. The van der Waals surface area contributed by atoms with Crippen LogP contribution in [0.15, 0.2) is 107 Å². The zero-order valence-corrected chi connectivity index (χ0v) is 64.4. The van der Waals surface area contributed by atoms with E-state index in [-0.39, 0.29) is 192 Å². The molecule has 6 aromatic rings. The predicted octanol–water partition coefficient (Wildman–Crippen LogP) is 4.32. The summed E-state index contributed by atoms with van der Waals surface area (Å²) < 4.78 is 79.2. The van der Waals surface area contributed by atoms with Crippen LogP contribution in [-0.4, -0.2) is 107 Å². The molecule has 0 atom stereocenters. The fourth-order valence-corrected chi connectivity index (χ4v) is 12.6. The van der Waals surface area contributed by atoms with Crippen molar-refractivity contribution in [3.63, 3.8) is 0 Å². The molecule has 0 bridgehead atoms. The molecule has 0 unspecified atom stereocenters. The number of carbonyl (C=O) groups excluding carboxylic acids is 5. The molecule has 1 saturated heterocycles. The molecule has 30 heteroatoms. The maximum absolute atomic E-state index is 13.5. The van der Waals surface area contributed by atoms with Crippen LogP contribution in [0.5, 0.6) is 0 Å². The Morgan fingerprint density at radius 1 is 0.699 bits per heavy atom. The SMILES string of the molecule is CC(C)OC(=O)Nc1ccc(-c2ncc(-c3ccc(N4CCOC4=O)cc3S(=O)(=O)NC(C)(C)C)s2)cc1.CC(C)OC(=O)Nc1ccc(-c2ncc(-c3ccc(NC(=O)OCCCl)cc3S(=O)(=O)NC(C)(C)C)s2)cc1.O=CO[O-].[Cs+].[Cs+].[H-]. The quantitative estimate of drug-likeness (QED) is 0.0279. The minimum absolute atomic E-state index is 0. The van der Waals surface area contributed by atoms with Gasteiger partial charge in [0, 0.05) is 68.5 Å². The van der Waals surface area contributed by atoms with Crippen molar-refractivity contribution >= 4 is 108 Å². The van der Waals surface area contributed by atoms with Gasteiger partial charge in [-0.2, -0.15) is 0 Å². The number of ether oxygens (including phenoxy) is 4. The van der Waals surface area contributed by atoms with E-state index in [2.05, 4.69) is 40.3 Å². The number of sulfonamides is 2. The number of rotatable bonds is 17. The van der Waals surface area contributed by atoms with Crippen LogP contribution in [0, 0.1) is 0 Å². The number of carbonyl (C=O) groups is 5. The summed E-state index contributed by atoms with van der Waals surface area (Å²) in [5.41, 5.74) is 2.85. The molecule has 0 spiro atoms. The van der Waals surface area contributed by atoms with Gasteiger partial charge in [0.1, 0.15) is 23.2 Å². The number of aromatic nitrogens is 2. The number of alkyl halides is 1. The maximum atomic E-state index is 13.5. The number of halogens is 1. The third-order valence-electron chi connectivity index (χ3n) is 10.1. The molecule has 5 N–H and O–H groups in total. The molecule has 7 rings (SSSR count). The van der Waals surface area contributed by atoms with Crippen LogP contribution in [0.3, 0.4) is 0 Å². The topological polar surface area (TPSA) is 312 Å². The second-order valence-electron chi connectivity index (χ2n) is 19.9. The first kappa shape index (κ1) is 74.1. The van der Waals surface area contributed by atoms with Gasteiger partial charge in [0.15, 0.2) is 0 Å². The standard InChI is InChI=1S/C26H31ClN4O6S2.C26H30N4O6S2.CH2O3.2Cs.H/c1-16(2)37-25(33)29-18-8-6-17(7-9-18)23-28-15-21(38-23)20-11-10-19(30-24(32)36-13-12-27)14-22(20)39(34,35)31-26(3,4)5;1-16(2)36-24(31)28-18-8-6-17(7-9-18)23-27-15-21(37-23)20-11-10-19(30-12-13-35-25(30)32)14-22(20)38(33,34)29-26(3,4)5;2-1-4-3;;;/h6-11,14-16,31H,12-13H2,1-5H3,(H,29,33)(H,30,32);6-11,14-16,29H,12-13H2,1-5H3,(H,28,31);1,3H;;;/q;;;2*+1;-1/p-1. The smallest absolute Gasteiger partial charge is 1.00 e. The van der Waals surface area contributed by atoms with E-state index >= 15 is 0 Å². The molecular weight excluding hydrogens is 1420 g/mol. The second-order valence-corrected chi connectivity index (χ2v) is 25.6. The Kier molecular flexibility index (Phi) is 30.2. The van der Waals surface area contributed by atoms with Gasteiger partial charge < -0.3 is 30.5 Å². The van der Waals surface area contributed by atoms with E-state index in [1.807, 2.05) is 12.1 Å². The van der Waals surface area contributed by atoms with E-state index in [0.29, 0.717) is 54.5 Å². The fraction of sp³-hybridized carbons (Fsp3) is 0.340. The van der Waals surface area contributed by atoms with Crippen molar-refractivity contribution in [3.8, 4) is 42.0 Å². The number of amides is 4. The Balaban J connectivity index is 0.000000521. The summed E-state index contributed by atoms with van der Waals surface area (Å²) in [7, 11) is -7.94. The summed E-state index contributed by atoms with van der Waals surface area (Å²) in [6.45, 7) is 18.0. The van der Waals surface area contributed by atoms with Crippen LogP contribution >= 0.6 is 34.3 Å². The minimum atomic E-state index is -3.99. The van der Waals surface area contributed by atoms with Gasteiger partial charge >= 0.3 is 162 Å². The van der Waals surface area contributed by atoms with Crippen molar-refractivity contribution in [2.75, 3.05) is 46.5 Å². The number of hydrogen-bond donors (Lipinski definition) is 5. The molecule has 0 saturated carbocycles. The van der Waals surface area contributed by atoms with E-state index in [1.54, 1.807) is 142 Å². The largest absolute Gasteiger partial charge is 1.00 e.